The van der Waals surface area contributed by atoms with Gasteiger partial charge in [-0.15, -0.1) is 10.2 Å². The van der Waals surface area contributed by atoms with Crippen LogP contribution in [0.2, 0.25) is 0 Å². The van der Waals surface area contributed by atoms with Crippen LogP contribution in [-0.4, -0.2) is 46.1 Å². The molecule has 164 valence electrons. The number of nitrogens with zero attached hydrogens (tertiary/aromatic N) is 5. The lowest BCUT2D eigenvalue weighted by atomic mass is 10.2. The Morgan fingerprint density at radius 1 is 1.06 bits per heavy atom. The minimum absolute atomic E-state index is 0.470. The molecule has 1 aromatic carbocycles. The number of pyridine rings is 1. The molecule has 1 aliphatic rings. The molecule has 1 aliphatic heterocycles. The third-order valence-electron chi connectivity index (χ3n) is 4.94. The number of benzene rings is 1. The van der Waals surface area contributed by atoms with Crippen molar-refractivity contribution in [1.82, 2.24) is 19.7 Å². The number of anilines is 1. The molecule has 0 bridgehead atoms. The minimum atomic E-state index is 0.470. The van der Waals surface area contributed by atoms with Crippen molar-refractivity contribution in [2.45, 2.75) is 37.9 Å². The monoisotopic (exact) mass is 439 g/mol. The molecule has 7 nitrogen and oxygen atoms in total. The van der Waals surface area contributed by atoms with Crippen molar-refractivity contribution >= 4 is 17.7 Å². The predicted molar refractivity (Wildman–Crippen MR) is 122 cm³/mol. The third kappa shape index (κ3) is 5.98. The van der Waals surface area contributed by atoms with Gasteiger partial charge in [-0.05, 0) is 35.7 Å². The Morgan fingerprint density at radius 3 is 2.58 bits per heavy atom. The highest BCUT2D eigenvalue weighted by atomic mass is 32.2. The Morgan fingerprint density at radius 2 is 1.87 bits per heavy atom. The molecule has 31 heavy (non-hydrogen) atoms. The summed E-state index contributed by atoms with van der Waals surface area (Å²) in [5.41, 5.74) is 2.14. The number of thioether (sulfide) groups is 1. The second-order valence-electron chi connectivity index (χ2n) is 7.93. The van der Waals surface area contributed by atoms with E-state index < -0.39 is 0 Å². The Kier molecular flexibility index (Phi) is 7.43. The maximum Gasteiger partial charge on any atom is 0.228 e. The lowest BCUT2D eigenvalue weighted by Crippen LogP contribution is -2.38. The Bertz CT molecular complexity index is 940. The molecule has 0 unspecified atom stereocenters. The largest absolute Gasteiger partial charge is 0.487 e. The van der Waals surface area contributed by atoms with Crippen LogP contribution in [0.5, 0.6) is 5.75 Å². The Balaban J connectivity index is 1.37. The second kappa shape index (κ2) is 10.6. The number of ether oxygens (including phenoxy) is 2. The molecule has 0 amide bonds. The Labute approximate surface area is 187 Å². The van der Waals surface area contributed by atoms with E-state index in [2.05, 4.69) is 50.6 Å². The number of aromatic nitrogens is 4. The van der Waals surface area contributed by atoms with Crippen LogP contribution in [0.25, 0.3) is 0 Å². The van der Waals surface area contributed by atoms with Gasteiger partial charge in [-0.3, -0.25) is 9.55 Å². The SMILES string of the molecule is CC(C)Cn1c(SCc2ccc(OCc3ccccn3)cc2)nnc1N1CCOCC1. The number of rotatable bonds is 9. The smallest absolute Gasteiger partial charge is 0.228 e. The van der Waals surface area contributed by atoms with Crippen molar-refractivity contribution in [3.05, 3.63) is 59.9 Å². The maximum absolute atomic E-state index is 5.83. The van der Waals surface area contributed by atoms with Crippen LogP contribution in [0.3, 0.4) is 0 Å². The molecule has 0 spiro atoms. The van der Waals surface area contributed by atoms with Crippen LogP contribution in [-0.2, 0) is 23.6 Å². The van der Waals surface area contributed by atoms with Crippen LogP contribution in [0.15, 0.2) is 53.8 Å². The summed E-state index contributed by atoms with van der Waals surface area (Å²) in [4.78, 5) is 6.56. The standard InChI is InChI=1S/C23H29N5O2S/c1-18(2)15-28-22(27-11-13-29-14-12-27)25-26-23(28)31-17-19-6-8-21(9-7-19)30-16-20-5-3-4-10-24-20/h3-10,18H,11-17H2,1-2H3. The van der Waals surface area contributed by atoms with E-state index in [0.717, 1.165) is 61.1 Å². The van der Waals surface area contributed by atoms with E-state index in [9.17, 15) is 0 Å². The van der Waals surface area contributed by atoms with Gasteiger partial charge in [-0.1, -0.05) is 43.8 Å². The summed E-state index contributed by atoms with van der Waals surface area (Å²) in [6, 6.07) is 14.1. The lowest BCUT2D eigenvalue weighted by Gasteiger charge is -2.28. The fourth-order valence-electron chi connectivity index (χ4n) is 3.38. The molecular weight excluding hydrogens is 410 g/mol. The van der Waals surface area contributed by atoms with E-state index in [0.29, 0.717) is 12.5 Å². The van der Waals surface area contributed by atoms with Crippen molar-refractivity contribution < 1.29 is 9.47 Å². The van der Waals surface area contributed by atoms with Crippen LogP contribution in [0.4, 0.5) is 5.95 Å². The number of hydrogen-bond acceptors (Lipinski definition) is 7. The quantitative estimate of drug-likeness (QED) is 0.466. The van der Waals surface area contributed by atoms with Crippen molar-refractivity contribution in [3.8, 4) is 5.75 Å². The molecule has 8 heteroatoms. The van der Waals surface area contributed by atoms with Gasteiger partial charge in [0.1, 0.15) is 12.4 Å². The average molecular weight is 440 g/mol. The molecule has 0 radical (unpaired) electrons. The van der Waals surface area contributed by atoms with Gasteiger partial charge in [-0.25, -0.2) is 0 Å². The van der Waals surface area contributed by atoms with E-state index in [1.54, 1.807) is 18.0 Å². The van der Waals surface area contributed by atoms with Gasteiger partial charge in [0.05, 0.1) is 18.9 Å². The fraction of sp³-hybridized carbons (Fsp3) is 0.435. The molecule has 0 atom stereocenters. The first-order valence-electron chi connectivity index (χ1n) is 10.7. The van der Waals surface area contributed by atoms with Crippen LogP contribution in [0, 0.1) is 5.92 Å². The summed E-state index contributed by atoms with van der Waals surface area (Å²) >= 11 is 1.72. The van der Waals surface area contributed by atoms with Gasteiger partial charge in [0, 0.05) is 31.6 Å². The van der Waals surface area contributed by atoms with Crippen molar-refractivity contribution in [1.29, 1.82) is 0 Å². The zero-order valence-corrected chi connectivity index (χ0v) is 18.9. The number of morpholine rings is 1. The lowest BCUT2D eigenvalue weighted by molar-refractivity contribution is 0.121. The molecule has 3 aromatic rings. The van der Waals surface area contributed by atoms with Crippen molar-refractivity contribution in [2.24, 2.45) is 5.92 Å². The zero-order chi connectivity index (χ0) is 21.5. The highest BCUT2D eigenvalue weighted by Gasteiger charge is 2.21. The van der Waals surface area contributed by atoms with Gasteiger partial charge >= 0.3 is 0 Å². The minimum Gasteiger partial charge on any atom is -0.487 e. The molecule has 4 rings (SSSR count). The second-order valence-corrected chi connectivity index (χ2v) is 8.87. The summed E-state index contributed by atoms with van der Waals surface area (Å²) in [5.74, 6) is 3.15. The third-order valence-corrected chi connectivity index (χ3v) is 5.98. The first-order chi connectivity index (χ1) is 15.2. The molecule has 2 aromatic heterocycles. The molecule has 0 saturated carbocycles. The highest BCUT2D eigenvalue weighted by molar-refractivity contribution is 7.98. The summed E-state index contributed by atoms with van der Waals surface area (Å²) in [6.07, 6.45) is 1.78. The molecular formula is C23H29N5O2S. The van der Waals surface area contributed by atoms with Gasteiger partial charge in [0.15, 0.2) is 5.16 Å². The molecule has 1 fully saturated rings. The topological polar surface area (TPSA) is 65.3 Å². The van der Waals surface area contributed by atoms with Gasteiger partial charge in [0.25, 0.3) is 0 Å². The van der Waals surface area contributed by atoms with Gasteiger partial charge in [-0.2, -0.15) is 0 Å². The van der Waals surface area contributed by atoms with E-state index in [1.807, 2.05) is 30.3 Å². The molecule has 0 aliphatic carbocycles. The summed E-state index contributed by atoms with van der Waals surface area (Å²) in [7, 11) is 0. The fourth-order valence-corrected chi connectivity index (χ4v) is 4.28. The van der Waals surface area contributed by atoms with Crippen molar-refractivity contribution in [3.63, 3.8) is 0 Å². The van der Waals surface area contributed by atoms with Gasteiger partial charge in [0.2, 0.25) is 5.95 Å². The van der Waals surface area contributed by atoms with Gasteiger partial charge < -0.3 is 14.4 Å². The summed E-state index contributed by atoms with van der Waals surface area (Å²) < 4.78 is 13.6. The van der Waals surface area contributed by atoms with Crippen LogP contribution < -0.4 is 9.64 Å². The van der Waals surface area contributed by atoms with E-state index in [4.69, 9.17) is 9.47 Å². The number of hydrogen-bond donors (Lipinski definition) is 0. The molecule has 3 heterocycles. The van der Waals surface area contributed by atoms with Crippen LogP contribution in [0.1, 0.15) is 25.1 Å². The van der Waals surface area contributed by atoms with Crippen LogP contribution >= 0.6 is 11.8 Å². The van der Waals surface area contributed by atoms with E-state index in [1.165, 1.54) is 5.56 Å². The zero-order valence-electron chi connectivity index (χ0n) is 18.1. The first-order valence-corrected chi connectivity index (χ1v) is 11.7. The maximum atomic E-state index is 5.83. The molecule has 0 N–H and O–H groups in total. The Hall–Kier alpha value is -2.58. The van der Waals surface area contributed by atoms with E-state index in [-0.39, 0.29) is 0 Å². The predicted octanol–water partition coefficient (Wildman–Crippen LogP) is 4.04. The summed E-state index contributed by atoms with van der Waals surface area (Å²) in [5, 5.41) is 9.97. The normalized spacial score (nSPS) is 14.2. The highest BCUT2D eigenvalue weighted by Crippen LogP contribution is 2.27. The first kappa shape index (κ1) is 21.6. The van der Waals surface area contributed by atoms with Crippen molar-refractivity contribution in [2.75, 3.05) is 31.2 Å². The van der Waals surface area contributed by atoms with E-state index >= 15 is 0 Å². The average Bonchev–Trinajstić information content (AvgIpc) is 3.20. The summed E-state index contributed by atoms with van der Waals surface area (Å²) in [6.45, 7) is 9.03. The molecule has 1 saturated heterocycles.